The maximum absolute atomic E-state index is 12.3. The molecule has 3 heterocycles. The average molecular weight is 395 g/mol. The molecule has 0 N–H and O–H groups in total. The van der Waals surface area contributed by atoms with E-state index in [1.807, 2.05) is 48.2 Å². The molecule has 6 nitrogen and oxygen atoms in total. The number of carbonyl (C=O) groups is 2. The number of piperazine rings is 1. The molecule has 7 heteroatoms. The molecule has 1 saturated heterocycles. The van der Waals surface area contributed by atoms with Crippen LogP contribution in [0, 0.1) is 6.92 Å². The number of aryl methyl sites for hydroxylation is 1. The summed E-state index contributed by atoms with van der Waals surface area (Å²) >= 11 is 1.36. The van der Waals surface area contributed by atoms with Crippen molar-refractivity contribution < 1.29 is 14.0 Å². The van der Waals surface area contributed by atoms with Crippen LogP contribution in [0.15, 0.2) is 50.7 Å². The lowest BCUT2D eigenvalue weighted by atomic mass is 10.1. The summed E-state index contributed by atoms with van der Waals surface area (Å²) in [4.78, 5) is 32.4. The monoisotopic (exact) mass is 395 g/mol. The topological polar surface area (TPSA) is 66.1 Å². The Balaban J connectivity index is 1.44. The zero-order chi connectivity index (χ0) is 19.7. The van der Waals surface area contributed by atoms with Gasteiger partial charge in [0.15, 0.2) is 5.17 Å². The van der Waals surface area contributed by atoms with E-state index in [1.54, 1.807) is 13.0 Å². The van der Waals surface area contributed by atoms with Crippen molar-refractivity contribution in [3.05, 3.63) is 52.6 Å². The Morgan fingerprint density at radius 1 is 1.11 bits per heavy atom. The first kappa shape index (κ1) is 18.6. The average Bonchev–Trinajstić information content (AvgIpc) is 3.30. The maximum Gasteiger partial charge on any atom is 0.286 e. The van der Waals surface area contributed by atoms with Crippen LogP contribution in [0.3, 0.4) is 0 Å². The molecule has 2 amide bonds. The fourth-order valence-electron chi connectivity index (χ4n) is 3.18. The fourth-order valence-corrected chi connectivity index (χ4v) is 4.12. The second-order valence-corrected chi connectivity index (χ2v) is 7.88. The maximum atomic E-state index is 12.3. The summed E-state index contributed by atoms with van der Waals surface area (Å²) in [5, 5.41) is 0.699. The molecule has 0 radical (unpaired) electrons. The van der Waals surface area contributed by atoms with Crippen molar-refractivity contribution in [2.24, 2.45) is 4.99 Å². The molecule has 144 valence electrons. The van der Waals surface area contributed by atoms with Crippen molar-refractivity contribution in [1.82, 2.24) is 9.80 Å². The number of nitrogens with zero attached hydrogens (tertiary/aromatic N) is 3. The van der Waals surface area contributed by atoms with Gasteiger partial charge in [-0.1, -0.05) is 29.8 Å². The predicted octanol–water partition coefficient (Wildman–Crippen LogP) is 3.39. The highest BCUT2D eigenvalue weighted by atomic mass is 32.2. The highest BCUT2D eigenvalue weighted by molar-refractivity contribution is 8.18. The summed E-state index contributed by atoms with van der Waals surface area (Å²) in [6, 6.07) is 11.9. The molecule has 0 saturated carbocycles. The van der Waals surface area contributed by atoms with E-state index in [4.69, 9.17) is 4.42 Å². The molecular weight excluding hydrogens is 374 g/mol. The van der Waals surface area contributed by atoms with Crippen LogP contribution in [-0.2, 0) is 9.59 Å². The molecule has 4 rings (SSSR count). The summed E-state index contributed by atoms with van der Waals surface area (Å²) in [7, 11) is 0. The van der Waals surface area contributed by atoms with Crippen LogP contribution >= 0.6 is 11.8 Å². The van der Waals surface area contributed by atoms with E-state index >= 15 is 0 Å². The third-order valence-corrected chi connectivity index (χ3v) is 5.89. The summed E-state index contributed by atoms with van der Waals surface area (Å²) in [5.74, 6) is 1.23. The molecule has 2 aromatic rings. The molecular formula is C21H21N3O3S. The van der Waals surface area contributed by atoms with Crippen LogP contribution < -0.4 is 0 Å². The molecule has 28 heavy (non-hydrogen) atoms. The van der Waals surface area contributed by atoms with Gasteiger partial charge in [-0.05, 0) is 30.8 Å². The van der Waals surface area contributed by atoms with Gasteiger partial charge >= 0.3 is 0 Å². The number of aliphatic imine (C=N–C) groups is 1. The lowest BCUT2D eigenvalue weighted by Crippen LogP contribution is -2.49. The van der Waals surface area contributed by atoms with Gasteiger partial charge in [0.1, 0.15) is 11.5 Å². The van der Waals surface area contributed by atoms with Crippen molar-refractivity contribution in [2.45, 2.75) is 13.8 Å². The Labute approximate surface area is 167 Å². The van der Waals surface area contributed by atoms with Gasteiger partial charge in [-0.3, -0.25) is 9.59 Å². The minimum atomic E-state index is -0.248. The van der Waals surface area contributed by atoms with Gasteiger partial charge in [0.2, 0.25) is 5.91 Å². The van der Waals surface area contributed by atoms with Crippen LogP contribution in [0.5, 0.6) is 0 Å². The van der Waals surface area contributed by atoms with Gasteiger partial charge in [-0.2, -0.15) is 4.99 Å². The first-order chi connectivity index (χ1) is 13.5. The van der Waals surface area contributed by atoms with E-state index in [2.05, 4.69) is 9.89 Å². The SMILES string of the molecule is CC(=O)N1CCN(C2=NC(=O)/C(=C/c3ccc(-c4ccc(C)cc4)o3)S2)CC1. The number of amidine groups is 1. The number of hydrogen-bond acceptors (Lipinski definition) is 5. The van der Waals surface area contributed by atoms with Crippen molar-refractivity contribution >= 4 is 34.8 Å². The van der Waals surface area contributed by atoms with E-state index in [0.717, 1.165) is 11.3 Å². The minimum Gasteiger partial charge on any atom is -0.457 e. The van der Waals surface area contributed by atoms with E-state index in [-0.39, 0.29) is 11.8 Å². The fraction of sp³-hybridized carbons (Fsp3) is 0.286. The Hall–Kier alpha value is -2.80. The second kappa shape index (κ2) is 7.67. The third kappa shape index (κ3) is 3.89. The number of furan rings is 1. The predicted molar refractivity (Wildman–Crippen MR) is 111 cm³/mol. The Kier molecular flexibility index (Phi) is 5.09. The first-order valence-corrected chi connectivity index (χ1v) is 10.0. The Morgan fingerprint density at radius 2 is 1.82 bits per heavy atom. The molecule has 0 bridgehead atoms. The van der Waals surface area contributed by atoms with Crippen molar-refractivity contribution in [3.8, 4) is 11.3 Å². The summed E-state index contributed by atoms with van der Waals surface area (Å²) in [5.41, 5.74) is 2.19. The highest BCUT2D eigenvalue weighted by Gasteiger charge is 2.29. The quantitative estimate of drug-likeness (QED) is 0.730. The van der Waals surface area contributed by atoms with Crippen molar-refractivity contribution in [3.63, 3.8) is 0 Å². The van der Waals surface area contributed by atoms with Crippen LogP contribution in [-0.4, -0.2) is 53.0 Å². The molecule has 1 fully saturated rings. The van der Waals surface area contributed by atoms with Crippen molar-refractivity contribution in [1.29, 1.82) is 0 Å². The number of thioether (sulfide) groups is 1. The number of benzene rings is 1. The van der Waals surface area contributed by atoms with Gasteiger partial charge < -0.3 is 14.2 Å². The molecule has 0 aliphatic carbocycles. The van der Waals surface area contributed by atoms with Crippen molar-refractivity contribution in [2.75, 3.05) is 26.2 Å². The van der Waals surface area contributed by atoms with E-state index in [9.17, 15) is 9.59 Å². The standard InChI is InChI=1S/C21H21N3O3S/c1-14-3-5-16(6-4-14)18-8-7-17(27-18)13-19-20(26)22-21(28-19)24-11-9-23(10-12-24)15(2)25/h3-8,13H,9-12H2,1-2H3/b19-13-. The number of rotatable bonds is 2. The number of carbonyl (C=O) groups excluding carboxylic acids is 2. The van der Waals surface area contributed by atoms with E-state index in [0.29, 0.717) is 42.0 Å². The third-order valence-electron chi connectivity index (χ3n) is 4.84. The molecule has 2 aliphatic heterocycles. The number of amides is 2. The molecule has 0 atom stereocenters. The van der Waals surface area contributed by atoms with Gasteiger partial charge in [-0.15, -0.1) is 0 Å². The van der Waals surface area contributed by atoms with Gasteiger partial charge in [0.05, 0.1) is 4.91 Å². The van der Waals surface area contributed by atoms with Gasteiger partial charge in [-0.25, -0.2) is 0 Å². The molecule has 0 spiro atoms. The van der Waals surface area contributed by atoms with Crippen LogP contribution in [0.4, 0.5) is 0 Å². The Bertz CT molecular complexity index is 967. The van der Waals surface area contributed by atoms with Crippen LogP contribution in [0.1, 0.15) is 18.2 Å². The smallest absolute Gasteiger partial charge is 0.286 e. The second-order valence-electron chi connectivity index (χ2n) is 6.87. The lowest BCUT2D eigenvalue weighted by molar-refractivity contribution is -0.130. The summed E-state index contributed by atoms with van der Waals surface area (Å²) in [6.45, 7) is 6.30. The lowest BCUT2D eigenvalue weighted by Gasteiger charge is -2.34. The highest BCUT2D eigenvalue weighted by Crippen LogP contribution is 2.32. The van der Waals surface area contributed by atoms with Crippen LogP contribution in [0.2, 0.25) is 0 Å². The largest absolute Gasteiger partial charge is 0.457 e. The zero-order valence-corrected chi connectivity index (χ0v) is 16.7. The molecule has 0 unspecified atom stereocenters. The number of hydrogen-bond donors (Lipinski definition) is 0. The summed E-state index contributed by atoms with van der Waals surface area (Å²) in [6.07, 6.45) is 1.74. The van der Waals surface area contributed by atoms with Crippen LogP contribution in [0.25, 0.3) is 17.4 Å². The van der Waals surface area contributed by atoms with Gasteiger partial charge in [0.25, 0.3) is 5.91 Å². The van der Waals surface area contributed by atoms with E-state index < -0.39 is 0 Å². The van der Waals surface area contributed by atoms with E-state index in [1.165, 1.54) is 17.3 Å². The Morgan fingerprint density at radius 3 is 2.50 bits per heavy atom. The zero-order valence-electron chi connectivity index (χ0n) is 15.8. The molecule has 1 aromatic carbocycles. The minimum absolute atomic E-state index is 0.0829. The summed E-state index contributed by atoms with van der Waals surface area (Å²) < 4.78 is 5.89. The normalized spacial score (nSPS) is 18.7. The first-order valence-electron chi connectivity index (χ1n) is 9.19. The van der Waals surface area contributed by atoms with Gasteiger partial charge in [0, 0.05) is 44.7 Å². The molecule has 1 aromatic heterocycles. The molecule has 2 aliphatic rings.